The first-order valence-electron chi connectivity index (χ1n) is 6.70. The van der Waals surface area contributed by atoms with Crippen molar-refractivity contribution < 1.29 is 9.47 Å². The van der Waals surface area contributed by atoms with E-state index in [-0.39, 0.29) is 12.1 Å². The zero-order valence-electron chi connectivity index (χ0n) is 11.7. The van der Waals surface area contributed by atoms with E-state index in [0.29, 0.717) is 5.88 Å². The van der Waals surface area contributed by atoms with E-state index in [1.807, 2.05) is 24.3 Å². The molecule has 4 nitrogen and oxygen atoms in total. The molecule has 4 heteroatoms. The Bertz CT molecular complexity index is 610. The number of rotatable bonds is 2. The van der Waals surface area contributed by atoms with E-state index in [4.69, 9.17) is 15.2 Å². The summed E-state index contributed by atoms with van der Waals surface area (Å²) < 4.78 is 11.1. The molecule has 2 N–H and O–H groups in total. The number of hydrogen-bond acceptors (Lipinski definition) is 4. The average Bonchev–Trinajstić information content (AvgIpc) is 2.48. The molecule has 2 heterocycles. The molecular formula is C16H18N2O2. The van der Waals surface area contributed by atoms with Gasteiger partial charge in [-0.15, -0.1) is 0 Å². The van der Waals surface area contributed by atoms with Crippen LogP contribution in [0.4, 0.5) is 0 Å². The van der Waals surface area contributed by atoms with Crippen LogP contribution in [0.2, 0.25) is 0 Å². The molecule has 0 fully saturated rings. The Morgan fingerprint density at radius 3 is 2.85 bits per heavy atom. The highest BCUT2D eigenvalue weighted by molar-refractivity contribution is 5.41. The van der Waals surface area contributed by atoms with Crippen molar-refractivity contribution in [3.8, 4) is 11.6 Å². The molecule has 1 aliphatic rings. The van der Waals surface area contributed by atoms with Gasteiger partial charge >= 0.3 is 0 Å². The summed E-state index contributed by atoms with van der Waals surface area (Å²) in [5.41, 5.74) is 9.58. The molecule has 1 aliphatic heterocycles. The molecule has 0 saturated heterocycles. The highest BCUT2D eigenvalue weighted by Crippen LogP contribution is 2.39. The first-order chi connectivity index (χ1) is 9.67. The fourth-order valence-electron chi connectivity index (χ4n) is 2.53. The molecule has 0 amide bonds. The van der Waals surface area contributed by atoms with Crippen LogP contribution in [0.5, 0.6) is 11.6 Å². The second-order valence-corrected chi connectivity index (χ2v) is 5.12. The van der Waals surface area contributed by atoms with Crippen LogP contribution in [0.15, 0.2) is 36.5 Å². The largest absolute Gasteiger partial charge is 0.485 e. The van der Waals surface area contributed by atoms with Crippen molar-refractivity contribution in [2.45, 2.75) is 25.5 Å². The van der Waals surface area contributed by atoms with E-state index in [0.717, 1.165) is 23.3 Å². The van der Waals surface area contributed by atoms with Gasteiger partial charge in [0, 0.05) is 35.9 Å². The van der Waals surface area contributed by atoms with Gasteiger partial charge in [0.1, 0.15) is 11.9 Å². The van der Waals surface area contributed by atoms with Crippen molar-refractivity contribution in [1.82, 2.24) is 4.98 Å². The molecule has 0 aliphatic carbocycles. The summed E-state index contributed by atoms with van der Waals surface area (Å²) in [6, 6.07) is 9.94. The predicted molar refractivity (Wildman–Crippen MR) is 76.9 cm³/mol. The van der Waals surface area contributed by atoms with E-state index in [9.17, 15) is 0 Å². The monoisotopic (exact) mass is 270 g/mol. The Labute approximate surface area is 118 Å². The van der Waals surface area contributed by atoms with Crippen LogP contribution < -0.4 is 15.2 Å². The van der Waals surface area contributed by atoms with Crippen molar-refractivity contribution in [3.63, 3.8) is 0 Å². The van der Waals surface area contributed by atoms with Crippen LogP contribution in [-0.4, -0.2) is 12.1 Å². The van der Waals surface area contributed by atoms with Gasteiger partial charge in [-0.25, -0.2) is 4.98 Å². The zero-order valence-corrected chi connectivity index (χ0v) is 11.7. The normalized spacial score (nSPS) is 20.9. The number of benzene rings is 1. The van der Waals surface area contributed by atoms with Crippen LogP contribution in [0, 0.1) is 6.92 Å². The fraction of sp³-hybridized carbons (Fsp3) is 0.312. The van der Waals surface area contributed by atoms with Crippen molar-refractivity contribution >= 4 is 0 Å². The van der Waals surface area contributed by atoms with Crippen LogP contribution in [-0.2, 0) is 0 Å². The quantitative estimate of drug-likeness (QED) is 0.911. The van der Waals surface area contributed by atoms with Gasteiger partial charge in [-0.05, 0) is 19.1 Å². The van der Waals surface area contributed by atoms with Gasteiger partial charge in [-0.3, -0.25) is 0 Å². The molecule has 2 atom stereocenters. The smallest absolute Gasteiger partial charge is 0.212 e. The molecule has 20 heavy (non-hydrogen) atoms. The lowest BCUT2D eigenvalue weighted by atomic mass is 9.93. The fourth-order valence-corrected chi connectivity index (χ4v) is 2.53. The summed E-state index contributed by atoms with van der Waals surface area (Å²) in [7, 11) is 1.60. The lowest BCUT2D eigenvalue weighted by Crippen LogP contribution is -2.24. The molecule has 1 unspecified atom stereocenters. The number of nitrogens with two attached hydrogens (primary N) is 1. The zero-order chi connectivity index (χ0) is 14.1. The van der Waals surface area contributed by atoms with E-state index >= 15 is 0 Å². The number of ether oxygens (including phenoxy) is 2. The number of aryl methyl sites for hydroxylation is 1. The number of methoxy groups -OCH3 is 1. The maximum Gasteiger partial charge on any atom is 0.212 e. The van der Waals surface area contributed by atoms with Crippen molar-refractivity contribution in [2.75, 3.05) is 7.11 Å². The minimum Gasteiger partial charge on any atom is -0.485 e. The summed E-state index contributed by atoms with van der Waals surface area (Å²) in [4.78, 5) is 4.22. The molecular weight excluding hydrogens is 252 g/mol. The lowest BCUT2D eigenvalue weighted by Gasteiger charge is -2.30. The maximum atomic E-state index is 6.27. The first-order valence-corrected chi connectivity index (χ1v) is 6.70. The molecule has 0 spiro atoms. The topological polar surface area (TPSA) is 57.4 Å². The third-order valence-electron chi connectivity index (χ3n) is 3.64. The van der Waals surface area contributed by atoms with Crippen molar-refractivity contribution in [2.24, 2.45) is 5.73 Å². The molecule has 0 radical (unpaired) electrons. The highest BCUT2D eigenvalue weighted by Gasteiger charge is 2.27. The Balaban J connectivity index is 1.88. The summed E-state index contributed by atoms with van der Waals surface area (Å²) in [5, 5.41) is 0. The molecule has 0 bridgehead atoms. The Kier molecular flexibility index (Phi) is 3.32. The predicted octanol–water partition coefficient (Wildman–Crippen LogP) is 2.92. The number of fused-ring (bicyclic) bond motifs is 1. The summed E-state index contributed by atoms with van der Waals surface area (Å²) in [6.07, 6.45) is 2.48. The lowest BCUT2D eigenvalue weighted by molar-refractivity contribution is 0.161. The SMILES string of the molecule is COc1ccc(C2C[C@H](N)c3cc(C)ccc3O2)cn1. The van der Waals surface area contributed by atoms with Gasteiger partial charge in [0.25, 0.3) is 0 Å². The summed E-state index contributed by atoms with van der Waals surface area (Å²) in [5.74, 6) is 1.47. The summed E-state index contributed by atoms with van der Waals surface area (Å²) in [6.45, 7) is 2.06. The van der Waals surface area contributed by atoms with Gasteiger partial charge in [0.2, 0.25) is 5.88 Å². The average molecular weight is 270 g/mol. The number of hydrogen-bond donors (Lipinski definition) is 1. The second kappa shape index (κ2) is 5.13. The van der Waals surface area contributed by atoms with Crippen molar-refractivity contribution in [3.05, 3.63) is 53.2 Å². The van der Waals surface area contributed by atoms with E-state index < -0.39 is 0 Å². The third kappa shape index (κ3) is 2.34. The van der Waals surface area contributed by atoms with Crippen LogP contribution in [0.3, 0.4) is 0 Å². The molecule has 3 rings (SSSR count). The van der Waals surface area contributed by atoms with Gasteiger partial charge < -0.3 is 15.2 Å². The minimum absolute atomic E-state index is 0.00856. The molecule has 1 aromatic carbocycles. The van der Waals surface area contributed by atoms with E-state index in [2.05, 4.69) is 18.0 Å². The van der Waals surface area contributed by atoms with Gasteiger partial charge in [0.15, 0.2) is 0 Å². The number of aromatic nitrogens is 1. The molecule has 2 aromatic rings. The minimum atomic E-state index is -0.0568. The van der Waals surface area contributed by atoms with Gasteiger partial charge in [-0.2, -0.15) is 0 Å². The second-order valence-electron chi connectivity index (χ2n) is 5.12. The molecule has 1 aromatic heterocycles. The number of nitrogens with zero attached hydrogens (tertiary/aromatic N) is 1. The Morgan fingerprint density at radius 2 is 2.15 bits per heavy atom. The van der Waals surface area contributed by atoms with E-state index in [1.54, 1.807) is 13.3 Å². The van der Waals surface area contributed by atoms with Crippen LogP contribution in [0.1, 0.15) is 35.3 Å². The first kappa shape index (κ1) is 12.9. The van der Waals surface area contributed by atoms with Crippen molar-refractivity contribution in [1.29, 1.82) is 0 Å². The van der Waals surface area contributed by atoms with Crippen LogP contribution >= 0.6 is 0 Å². The summed E-state index contributed by atoms with van der Waals surface area (Å²) >= 11 is 0. The van der Waals surface area contributed by atoms with E-state index in [1.165, 1.54) is 5.56 Å². The standard InChI is InChI=1S/C16H18N2O2/c1-10-3-5-14-12(7-10)13(17)8-15(20-14)11-4-6-16(19-2)18-9-11/h3-7,9,13,15H,8,17H2,1-2H3/t13-,15?/m0/s1. The van der Waals surface area contributed by atoms with Gasteiger partial charge in [-0.1, -0.05) is 17.7 Å². The molecule has 104 valence electrons. The Hall–Kier alpha value is -2.07. The number of pyridine rings is 1. The Morgan fingerprint density at radius 1 is 1.30 bits per heavy atom. The third-order valence-corrected chi connectivity index (χ3v) is 3.64. The van der Waals surface area contributed by atoms with Gasteiger partial charge in [0.05, 0.1) is 7.11 Å². The maximum absolute atomic E-state index is 6.27. The highest BCUT2D eigenvalue weighted by atomic mass is 16.5. The van der Waals surface area contributed by atoms with Crippen LogP contribution in [0.25, 0.3) is 0 Å². The molecule has 0 saturated carbocycles.